The van der Waals surface area contributed by atoms with E-state index in [1.54, 1.807) is 0 Å². The van der Waals surface area contributed by atoms with E-state index in [2.05, 4.69) is 42.7 Å². The Bertz CT molecular complexity index is 344. The number of ether oxygens (including phenoxy) is 1. The largest absolute Gasteiger partial charge is 0.375 e. The van der Waals surface area contributed by atoms with E-state index in [0.717, 1.165) is 5.92 Å². The van der Waals surface area contributed by atoms with Gasteiger partial charge in [0.2, 0.25) is 0 Å². The van der Waals surface area contributed by atoms with Crippen molar-refractivity contribution in [3.63, 3.8) is 0 Å². The summed E-state index contributed by atoms with van der Waals surface area (Å²) >= 11 is 0. The van der Waals surface area contributed by atoms with Gasteiger partial charge in [-0.1, -0.05) is 56.0 Å². The minimum absolute atomic E-state index is 0.161. The summed E-state index contributed by atoms with van der Waals surface area (Å²) < 4.78 is 5.82. The van der Waals surface area contributed by atoms with Crippen LogP contribution in [0.4, 0.5) is 0 Å². The molecule has 1 fully saturated rings. The molecule has 0 aromatic heterocycles. The standard InChI is InChI=1S/C17H27NO/c1-18-16(14-10-6-3-4-7-11-14)17(19-2)15-12-8-5-9-13-15/h5,8-9,12-14,16-18H,3-4,6-7,10-11H2,1-2H3. The molecule has 106 valence electrons. The van der Waals surface area contributed by atoms with Gasteiger partial charge in [0.15, 0.2) is 0 Å². The highest BCUT2D eigenvalue weighted by atomic mass is 16.5. The molecule has 0 bridgehead atoms. The van der Waals surface area contributed by atoms with E-state index in [1.807, 2.05) is 7.11 Å². The van der Waals surface area contributed by atoms with Crippen molar-refractivity contribution in [2.75, 3.05) is 14.2 Å². The Labute approximate surface area is 117 Å². The van der Waals surface area contributed by atoms with E-state index in [9.17, 15) is 0 Å². The fourth-order valence-corrected chi connectivity index (χ4v) is 3.44. The molecule has 1 aromatic rings. The molecule has 2 nitrogen and oxygen atoms in total. The number of hydrogen-bond acceptors (Lipinski definition) is 2. The lowest BCUT2D eigenvalue weighted by Crippen LogP contribution is -2.39. The Morgan fingerprint density at radius 2 is 1.68 bits per heavy atom. The van der Waals surface area contributed by atoms with Gasteiger partial charge in [0, 0.05) is 13.2 Å². The average molecular weight is 261 g/mol. The topological polar surface area (TPSA) is 21.3 Å². The first kappa shape index (κ1) is 14.5. The van der Waals surface area contributed by atoms with Gasteiger partial charge in [0.1, 0.15) is 0 Å². The van der Waals surface area contributed by atoms with E-state index in [1.165, 1.54) is 44.1 Å². The monoisotopic (exact) mass is 261 g/mol. The third kappa shape index (κ3) is 3.80. The Balaban J connectivity index is 2.13. The van der Waals surface area contributed by atoms with Crippen molar-refractivity contribution in [2.24, 2.45) is 5.92 Å². The molecular weight excluding hydrogens is 234 g/mol. The van der Waals surface area contributed by atoms with Crippen LogP contribution in [0, 0.1) is 5.92 Å². The molecule has 0 saturated heterocycles. The normalized spacial score (nSPS) is 20.7. The highest BCUT2D eigenvalue weighted by Crippen LogP contribution is 2.33. The number of benzene rings is 1. The van der Waals surface area contributed by atoms with Gasteiger partial charge in [-0.2, -0.15) is 0 Å². The predicted octanol–water partition coefficient (Wildman–Crippen LogP) is 3.93. The summed E-state index contributed by atoms with van der Waals surface area (Å²) in [5.41, 5.74) is 1.29. The minimum Gasteiger partial charge on any atom is -0.375 e. The van der Waals surface area contributed by atoms with E-state index < -0.39 is 0 Å². The van der Waals surface area contributed by atoms with Crippen molar-refractivity contribution in [3.8, 4) is 0 Å². The molecule has 2 unspecified atom stereocenters. The molecule has 1 aromatic carbocycles. The lowest BCUT2D eigenvalue weighted by molar-refractivity contribution is 0.0459. The summed E-state index contributed by atoms with van der Waals surface area (Å²) in [5, 5.41) is 3.52. The first-order valence-electron chi connectivity index (χ1n) is 7.62. The Morgan fingerprint density at radius 1 is 1.05 bits per heavy atom. The van der Waals surface area contributed by atoms with Crippen LogP contribution in [0.25, 0.3) is 0 Å². The van der Waals surface area contributed by atoms with E-state index in [4.69, 9.17) is 4.74 Å². The third-order valence-corrected chi connectivity index (χ3v) is 4.45. The molecule has 19 heavy (non-hydrogen) atoms. The van der Waals surface area contributed by atoms with Crippen LogP contribution < -0.4 is 5.32 Å². The predicted molar refractivity (Wildman–Crippen MR) is 80.2 cm³/mol. The molecule has 1 saturated carbocycles. The van der Waals surface area contributed by atoms with Gasteiger partial charge in [0.05, 0.1) is 6.10 Å². The van der Waals surface area contributed by atoms with Crippen LogP contribution in [0.15, 0.2) is 30.3 Å². The molecule has 0 heterocycles. The lowest BCUT2D eigenvalue weighted by Gasteiger charge is -2.32. The number of rotatable bonds is 5. The van der Waals surface area contributed by atoms with Crippen LogP contribution in [0.2, 0.25) is 0 Å². The van der Waals surface area contributed by atoms with Gasteiger partial charge in [-0.3, -0.25) is 0 Å². The highest BCUT2D eigenvalue weighted by molar-refractivity contribution is 5.19. The van der Waals surface area contributed by atoms with Crippen molar-refractivity contribution in [2.45, 2.75) is 50.7 Å². The second-order valence-corrected chi connectivity index (χ2v) is 5.63. The second-order valence-electron chi connectivity index (χ2n) is 5.63. The van der Waals surface area contributed by atoms with Gasteiger partial charge in [-0.15, -0.1) is 0 Å². The maximum absolute atomic E-state index is 5.82. The summed E-state index contributed by atoms with van der Waals surface area (Å²) in [4.78, 5) is 0. The van der Waals surface area contributed by atoms with Crippen LogP contribution in [0.5, 0.6) is 0 Å². The number of nitrogens with one attached hydrogen (secondary N) is 1. The lowest BCUT2D eigenvalue weighted by atomic mass is 9.86. The average Bonchev–Trinajstić information content (AvgIpc) is 2.74. The molecule has 0 aliphatic heterocycles. The summed E-state index contributed by atoms with van der Waals surface area (Å²) in [6.07, 6.45) is 8.36. The van der Waals surface area contributed by atoms with Gasteiger partial charge < -0.3 is 10.1 Å². The van der Waals surface area contributed by atoms with Crippen molar-refractivity contribution < 1.29 is 4.74 Å². The smallest absolute Gasteiger partial charge is 0.0976 e. The quantitative estimate of drug-likeness (QED) is 0.811. The van der Waals surface area contributed by atoms with E-state index >= 15 is 0 Å². The Kier molecular flexibility index (Phi) is 5.87. The van der Waals surface area contributed by atoms with Gasteiger partial charge >= 0.3 is 0 Å². The zero-order valence-electron chi connectivity index (χ0n) is 12.3. The minimum atomic E-state index is 0.161. The maximum Gasteiger partial charge on any atom is 0.0976 e. The first-order valence-corrected chi connectivity index (χ1v) is 7.62. The number of methoxy groups -OCH3 is 1. The number of hydrogen-bond donors (Lipinski definition) is 1. The van der Waals surface area contributed by atoms with E-state index in [-0.39, 0.29) is 6.10 Å². The maximum atomic E-state index is 5.82. The fourth-order valence-electron chi connectivity index (χ4n) is 3.44. The van der Waals surface area contributed by atoms with Crippen LogP contribution in [-0.2, 0) is 4.74 Å². The van der Waals surface area contributed by atoms with Crippen molar-refractivity contribution >= 4 is 0 Å². The van der Waals surface area contributed by atoms with Gasteiger partial charge in [-0.25, -0.2) is 0 Å². The molecule has 1 aliphatic rings. The summed E-state index contributed by atoms with van der Waals surface area (Å²) in [6.45, 7) is 0. The van der Waals surface area contributed by atoms with Crippen LogP contribution >= 0.6 is 0 Å². The molecule has 2 rings (SSSR count). The zero-order chi connectivity index (χ0) is 13.5. The third-order valence-electron chi connectivity index (χ3n) is 4.45. The molecular formula is C17H27NO. The highest BCUT2D eigenvalue weighted by Gasteiger charge is 2.29. The summed E-state index contributed by atoms with van der Waals surface area (Å²) in [5.74, 6) is 0.734. The van der Waals surface area contributed by atoms with Crippen molar-refractivity contribution in [3.05, 3.63) is 35.9 Å². The van der Waals surface area contributed by atoms with Crippen molar-refractivity contribution in [1.29, 1.82) is 0 Å². The SMILES string of the molecule is CNC(C1CCCCCC1)C(OC)c1ccccc1. The molecule has 1 aliphatic carbocycles. The number of likely N-dealkylation sites (N-methyl/N-ethyl adjacent to an activating group) is 1. The van der Waals surface area contributed by atoms with Gasteiger partial charge in [-0.05, 0) is 31.4 Å². The molecule has 0 radical (unpaired) electrons. The van der Waals surface area contributed by atoms with Gasteiger partial charge in [0.25, 0.3) is 0 Å². The first-order chi connectivity index (χ1) is 9.36. The van der Waals surface area contributed by atoms with Crippen LogP contribution in [-0.4, -0.2) is 20.2 Å². The van der Waals surface area contributed by atoms with Crippen LogP contribution in [0.3, 0.4) is 0 Å². The second kappa shape index (κ2) is 7.66. The van der Waals surface area contributed by atoms with Crippen LogP contribution in [0.1, 0.15) is 50.2 Å². The molecule has 0 amide bonds. The molecule has 0 spiro atoms. The van der Waals surface area contributed by atoms with Crippen molar-refractivity contribution in [1.82, 2.24) is 5.32 Å². The molecule has 1 N–H and O–H groups in total. The Hall–Kier alpha value is -0.860. The zero-order valence-corrected chi connectivity index (χ0v) is 12.3. The summed E-state index contributed by atoms with van der Waals surface area (Å²) in [7, 11) is 3.91. The molecule has 2 heteroatoms. The summed E-state index contributed by atoms with van der Waals surface area (Å²) in [6, 6.07) is 11.0. The Morgan fingerprint density at radius 3 is 2.21 bits per heavy atom. The van der Waals surface area contributed by atoms with E-state index in [0.29, 0.717) is 6.04 Å². The molecule has 2 atom stereocenters. The fraction of sp³-hybridized carbons (Fsp3) is 0.647.